The molecule has 0 radical (unpaired) electrons. The summed E-state index contributed by atoms with van der Waals surface area (Å²) in [7, 11) is 0. The molecule has 4 heteroatoms. The highest BCUT2D eigenvalue weighted by atomic mass is 16.5. The Balaban J connectivity index is 3.22. The minimum absolute atomic E-state index is 0.0683. The summed E-state index contributed by atoms with van der Waals surface area (Å²) in [6.07, 6.45) is -0.324. The van der Waals surface area contributed by atoms with Gasteiger partial charge >= 0.3 is 0 Å². The first-order chi connectivity index (χ1) is 5.20. The van der Waals surface area contributed by atoms with Gasteiger partial charge in [0.1, 0.15) is 6.10 Å². The highest BCUT2D eigenvalue weighted by Gasteiger charge is 2.05. The quantitative estimate of drug-likeness (QED) is 0.477. The molecule has 0 aromatic carbocycles. The maximum absolute atomic E-state index is 8.84. The van der Waals surface area contributed by atoms with Crippen molar-refractivity contribution >= 4 is 0 Å². The number of rotatable bonds is 6. The Morgan fingerprint density at radius 1 is 1.36 bits per heavy atom. The van der Waals surface area contributed by atoms with Gasteiger partial charge in [0, 0.05) is 6.61 Å². The van der Waals surface area contributed by atoms with Crippen LogP contribution in [0.5, 0.6) is 0 Å². The molecule has 0 aliphatic rings. The zero-order valence-electron chi connectivity index (χ0n) is 6.73. The Morgan fingerprint density at radius 2 is 2.00 bits per heavy atom. The molecule has 0 aliphatic carbocycles. The second-order valence-electron chi connectivity index (χ2n) is 2.49. The van der Waals surface area contributed by atoms with Crippen LogP contribution < -0.4 is 0 Å². The minimum Gasteiger partial charge on any atom is -0.396 e. The average molecular weight is 164 g/mol. The monoisotopic (exact) mass is 164 g/mol. The van der Waals surface area contributed by atoms with Crippen molar-refractivity contribution in [3.8, 4) is 0 Å². The normalized spacial score (nSPS) is 16.4. The SMILES string of the molecule is CC(CCO)OCC(O)CO. The first-order valence-corrected chi connectivity index (χ1v) is 3.72. The smallest absolute Gasteiger partial charge is 0.100 e. The van der Waals surface area contributed by atoms with Crippen LogP contribution in [0.25, 0.3) is 0 Å². The predicted molar refractivity (Wildman–Crippen MR) is 40.2 cm³/mol. The van der Waals surface area contributed by atoms with Crippen molar-refractivity contribution in [3.63, 3.8) is 0 Å². The van der Waals surface area contributed by atoms with Gasteiger partial charge in [0.25, 0.3) is 0 Å². The highest BCUT2D eigenvalue weighted by Crippen LogP contribution is 1.96. The molecule has 2 unspecified atom stereocenters. The molecule has 0 aliphatic heterocycles. The van der Waals surface area contributed by atoms with E-state index in [0.717, 1.165) is 0 Å². The number of hydrogen-bond acceptors (Lipinski definition) is 4. The number of aliphatic hydroxyl groups excluding tert-OH is 3. The summed E-state index contributed by atoms with van der Waals surface area (Å²) >= 11 is 0. The van der Waals surface area contributed by atoms with Gasteiger partial charge in [-0.1, -0.05) is 0 Å². The molecule has 68 valence electrons. The lowest BCUT2D eigenvalue weighted by Gasteiger charge is -2.13. The summed E-state index contributed by atoms with van der Waals surface area (Å²) in [6.45, 7) is 1.72. The fraction of sp³-hybridized carbons (Fsp3) is 1.00. The molecule has 0 saturated carbocycles. The van der Waals surface area contributed by atoms with E-state index < -0.39 is 6.10 Å². The summed E-state index contributed by atoms with van der Waals surface area (Å²) in [5.74, 6) is 0. The fourth-order valence-electron chi connectivity index (χ4n) is 0.593. The third-order valence-electron chi connectivity index (χ3n) is 1.32. The van der Waals surface area contributed by atoms with Gasteiger partial charge in [-0.15, -0.1) is 0 Å². The maximum atomic E-state index is 8.84. The molecule has 2 atom stereocenters. The Bertz CT molecular complexity index is 86.5. The van der Waals surface area contributed by atoms with E-state index in [1.807, 2.05) is 0 Å². The van der Waals surface area contributed by atoms with Crippen molar-refractivity contribution < 1.29 is 20.1 Å². The lowest BCUT2D eigenvalue weighted by Crippen LogP contribution is -2.23. The zero-order chi connectivity index (χ0) is 8.69. The van der Waals surface area contributed by atoms with Crippen LogP contribution in [0.3, 0.4) is 0 Å². The van der Waals surface area contributed by atoms with E-state index in [4.69, 9.17) is 20.1 Å². The molecule has 0 bridgehead atoms. The Kier molecular flexibility index (Phi) is 6.45. The molecule has 0 spiro atoms. The third kappa shape index (κ3) is 6.25. The second kappa shape index (κ2) is 6.54. The second-order valence-corrected chi connectivity index (χ2v) is 2.49. The zero-order valence-corrected chi connectivity index (χ0v) is 6.73. The van der Waals surface area contributed by atoms with Crippen LogP contribution in [0.15, 0.2) is 0 Å². The maximum Gasteiger partial charge on any atom is 0.100 e. The summed E-state index contributed by atoms with van der Waals surface area (Å²) in [6, 6.07) is 0. The van der Waals surface area contributed by atoms with E-state index in [1.54, 1.807) is 6.92 Å². The predicted octanol–water partition coefficient (Wildman–Crippen LogP) is -0.873. The van der Waals surface area contributed by atoms with Crippen molar-refractivity contribution in [2.75, 3.05) is 19.8 Å². The van der Waals surface area contributed by atoms with Crippen LogP contribution in [-0.2, 0) is 4.74 Å². The molecule has 0 fully saturated rings. The first kappa shape index (κ1) is 10.8. The molecular formula is C7H16O4. The van der Waals surface area contributed by atoms with Crippen LogP contribution in [0, 0.1) is 0 Å². The van der Waals surface area contributed by atoms with Crippen molar-refractivity contribution in [1.29, 1.82) is 0 Å². The average Bonchev–Trinajstić information content (AvgIpc) is 2.01. The van der Waals surface area contributed by atoms with E-state index >= 15 is 0 Å². The van der Waals surface area contributed by atoms with Crippen molar-refractivity contribution in [3.05, 3.63) is 0 Å². The standard InChI is InChI=1S/C7H16O4/c1-6(2-3-8)11-5-7(10)4-9/h6-10H,2-5H2,1H3. The fourth-order valence-corrected chi connectivity index (χ4v) is 0.593. The number of aliphatic hydroxyl groups is 3. The molecule has 0 aromatic rings. The summed E-state index contributed by atoms with van der Waals surface area (Å²) < 4.78 is 5.07. The lowest BCUT2D eigenvalue weighted by molar-refractivity contribution is -0.0287. The molecular weight excluding hydrogens is 148 g/mol. The Hall–Kier alpha value is -0.160. The summed E-state index contributed by atoms with van der Waals surface area (Å²) in [5, 5.41) is 25.7. The van der Waals surface area contributed by atoms with Crippen LogP contribution in [0.2, 0.25) is 0 Å². The molecule has 0 amide bonds. The third-order valence-corrected chi connectivity index (χ3v) is 1.32. The summed E-state index contributed by atoms with van der Waals surface area (Å²) in [4.78, 5) is 0. The number of hydrogen-bond donors (Lipinski definition) is 3. The van der Waals surface area contributed by atoms with Crippen LogP contribution in [-0.4, -0.2) is 47.3 Å². The van der Waals surface area contributed by atoms with Gasteiger partial charge < -0.3 is 20.1 Å². The van der Waals surface area contributed by atoms with Gasteiger partial charge in [0.15, 0.2) is 0 Å². The molecule has 0 rings (SSSR count). The van der Waals surface area contributed by atoms with E-state index in [2.05, 4.69) is 0 Å². The van der Waals surface area contributed by atoms with E-state index in [1.165, 1.54) is 0 Å². The van der Waals surface area contributed by atoms with E-state index in [9.17, 15) is 0 Å². The van der Waals surface area contributed by atoms with Gasteiger partial charge in [-0.25, -0.2) is 0 Å². The van der Waals surface area contributed by atoms with Gasteiger partial charge in [0.2, 0.25) is 0 Å². The van der Waals surface area contributed by atoms with Gasteiger partial charge in [-0.05, 0) is 13.3 Å². The first-order valence-electron chi connectivity index (χ1n) is 3.72. The van der Waals surface area contributed by atoms with E-state index in [-0.39, 0.29) is 25.9 Å². The molecule has 3 N–H and O–H groups in total. The van der Waals surface area contributed by atoms with Gasteiger partial charge in [-0.2, -0.15) is 0 Å². The van der Waals surface area contributed by atoms with E-state index in [0.29, 0.717) is 6.42 Å². The van der Waals surface area contributed by atoms with Crippen molar-refractivity contribution in [2.45, 2.75) is 25.6 Å². The molecule has 0 saturated heterocycles. The van der Waals surface area contributed by atoms with Gasteiger partial charge in [0.05, 0.1) is 19.3 Å². The Labute approximate surface area is 66.4 Å². The molecule has 11 heavy (non-hydrogen) atoms. The van der Waals surface area contributed by atoms with Gasteiger partial charge in [-0.3, -0.25) is 0 Å². The van der Waals surface area contributed by atoms with Crippen molar-refractivity contribution in [1.82, 2.24) is 0 Å². The van der Waals surface area contributed by atoms with Crippen molar-refractivity contribution in [2.24, 2.45) is 0 Å². The lowest BCUT2D eigenvalue weighted by atomic mass is 10.3. The Morgan fingerprint density at radius 3 is 2.45 bits per heavy atom. The van der Waals surface area contributed by atoms with Crippen LogP contribution in [0.4, 0.5) is 0 Å². The van der Waals surface area contributed by atoms with Crippen LogP contribution >= 0.6 is 0 Å². The topological polar surface area (TPSA) is 69.9 Å². The molecule has 4 nitrogen and oxygen atoms in total. The van der Waals surface area contributed by atoms with Crippen LogP contribution in [0.1, 0.15) is 13.3 Å². The molecule has 0 aromatic heterocycles. The highest BCUT2D eigenvalue weighted by molar-refractivity contribution is 4.53. The minimum atomic E-state index is -0.809. The summed E-state index contributed by atoms with van der Waals surface area (Å²) in [5.41, 5.74) is 0. The molecule has 0 heterocycles. The largest absolute Gasteiger partial charge is 0.396 e. The number of ether oxygens (including phenoxy) is 1.